The van der Waals surface area contributed by atoms with Gasteiger partial charge >= 0.3 is 18.5 Å². The molecule has 33 heteroatoms. The lowest BCUT2D eigenvalue weighted by atomic mass is 10.1. The van der Waals surface area contributed by atoms with E-state index in [-0.39, 0.29) is 80.3 Å². The van der Waals surface area contributed by atoms with Gasteiger partial charge in [0.05, 0.1) is 35.3 Å². The Morgan fingerprint density at radius 3 is 0.886 bits per heavy atom. The van der Waals surface area contributed by atoms with E-state index in [1.165, 1.54) is 18.6 Å². The molecule has 9 aromatic heterocycles. The largest absolute Gasteiger partial charge is 0.434 e. The van der Waals surface area contributed by atoms with Crippen LogP contribution in [0.5, 0.6) is 0 Å². The number of aryl methyl sites for hydroxylation is 3. The Balaban J connectivity index is 0.000000143. The molecule has 3 fully saturated rings. The molecule has 3 atom stereocenters. The smallest absolute Gasteiger partial charge is 0.328 e. The summed E-state index contributed by atoms with van der Waals surface area (Å²) in [5.74, 6) is -11.7. The van der Waals surface area contributed by atoms with Crippen molar-refractivity contribution in [1.82, 2.24) is 72.4 Å². The maximum atomic E-state index is 13.4. The molecule has 9 heterocycles. The molecular weight excluding hydrogens is 1100 g/mol. The van der Waals surface area contributed by atoms with E-state index in [1.807, 2.05) is 0 Å². The highest BCUT2D eigenvalue weighted by Crippen LogP contribution is 2.51. The number of alkyl halides is 15. The number of imidazole rings is 3. The van der Waals surface area contributed by atoms with Crippen LogP contribution in [0.25, 0.3) is 50.7 Å². The number of nitrogens with one attached hydrogen (secondary N) is 3. The highest BCUT2D eigenvalue weighted by atomic mass is 19.4. The second-order valence-corrected chi connectivity index (χ2v) is 19.1. The Morgan fingerprint density at radius 1 is 0.456 bits per heavy atom. The summed E-state index contributed by atoms with van der Waals surface area (Å²) in [4.78, 5) is 56.2. The highest BCUT2D eigenvalue weighted by molar-refractivity contribution is 5.68. The molecule has 0 spiro atoms. The van der Waals surface area contributed by atoms with Crippen LogP contribution in [0.3, 0.4) is 0 Å². The van der Waals surface area contributed by atoms with Crippen LogP contribution in [0.15, 0.2) is 70.2 Å². The molecule has 0 amide bonds. The van der Waals surface area contributed by atoms with Crippen LogP contribution in [0, 0.1) is 38.5 Å². The minimum Gasteiger partial charge on any atom is -0.328 e. The lowest BCUT2D eigenvalue weighted by Gasteiger charge is -2.10. The summed E-state index contributed by atoms with van der Waals surface area (Å²) in [7, 11) is 0. The molecular formula is C46H40F15N15O3. The molecule has 3 aliphatic carbocycles. The Bertz CT molecular complexity index is 3590. The van der Waals surface area contributed by atoms with Gasteiger partial charge in [-0.1, -0.05) is 7.43 Å². The van der Waals surface area contributed by atoms with Gasteiger partial charge in [0.1, 0.15) is 0 Å². The average molecular weight is 1140 g/mol. The van der Waals surface area contributed by atoms with Crippen molar-refractivity contribution in [2.75, 3.05) is 0 Å². The van der Waals surface area contributed by atoms with Crippen molar-refractivity contribution >= 4 is 17.3 Å². The van der Waals surface area contributed by atoms with E-state index in [2.05, 4.69) is 45.2 Å². The molecule has 79 heavy (non-hydrogen) atoms. The van der Waals surface area contributed by atoms with Gasteiger partial charge in [0.25, 0.3) is 34.4 Å². The van der Waals surface area contributed by atoms with Crippen LogP contribution in [0.1, 0.15) is 60.9 Å². The fourth-order valence-electron chi connectivity index (χ4n) is 8.69. The van der Waals surface area contributed by atoms with E-state index in [0.717, 1.165) is 64.4 Å². The van der Waals surface area contributed by atoms with Gasteiger partial charge in [-0.2, -0.15) is 54.8 Å². The van der Waals surface area contributed by atoms with Gasteiger partial charge in [-0.3, -0.25) is 41.6 Å². The van der Waals surface area contributed by atoms with Gasteiger partial charge in [0.2, 0.25) is 17.3 Å². The van der Waals surface area contributed by atoms with Crippen molar-refractivity contribution in [3.63, 3.8) is 0 Å². The SMILES string of the molecule is C.Cc1cn2c(=O)c(-c3cnn(CC4CC4(F)F)c3)c(C(F)(F)F)nc2[nH]1.Cc1cn2c(=O)c(-c3cnn(C[C@@H]4CC4(F)F)c3)c(C(F)(F)F)nc2[nH]1.Cc1cn2c(=O)c(-c3cnn(C[C@H]4CC4(F)F)c3)c(C(F)(F)F)nc2[nH]1. The molecule has 3 aliphatic rings. The van der Waals surface area contributed by atoms with Crippen LogP contribution >= 0.6 is 0 Å². The van der Waals surface area contributed by atoms with E-state index in [4.69, 9.17) is 0 Å². The third-order valence-electron chi connectivity index (χ3n) is 12.9. The van der Waals surface area contributed by atoms with Crippen molar-refractivity contribution < 1.29 is 65.9 Å². The van der Waals surface area contributed by atoms with Crippen LogP contribution in [0.4, 0.5) is 65.9 Å². The average Bonchev–Trinajstić information content (AvgIpc) is 4.13. The Kier molecular flexibility index (Phi) is 13.2. The summed E-state index contributed by atoms with van der Waals surface area (Å²) >= 11 is 0. The predicted molar refractivity (Wildman–Crippen MR) is 246 cm³/mol. The summed E-state index contributed by atoms with van der Waals surface area (Å²) in [6.45, 7) is 4.34. The van der Waals surface area contributed by atoms with Crippen LogP contribution in [-0.4, -0.2) is 90.2 Å². The number of fused-ring (bicyclic) bond motifs is 3. The van der Waals surface area contributed by atoms with E-state index in [1.54, 1.807) is 20.8 Å². The molecule has 9 aromatic rings. The third-order valence-corrected chi connectivity index (χ3v) is 12.9. The molecule has 3 N–H and O–H groups in total. The molecule has 18 nitrogen and oxygen atoms in total. The van der Waals surface area contributed by atoms with Crippen molar-refractivity contribution in [3.8, 4) is 33.4 Å². The Hall–Kier alpha value is -8.16. The molecule has 0 aliphatic heterocycles. The second kappa shape index (κ2) is 18.8. The van der Waals surface area contributed by atoms with Crippen molar-refractivity contribution in [2.45, 2.75) is 103 Å². The fraction of sp³-hybridized carbons (Fsp3) is 0.413. The first kappa shape index (κ1) is 55.6. The minimum atomic E-state index is -4.87. The number of H-pyrrole nitrogens is 3. The topological polar surface area (TPSA) is 204 Å². The quantitative estimate of drug-likeness (QED) is 0.118. The summed E-state index contributed by atoms with van der Waals surface area (Å²) in [5.41, 5.74) is -7.74. The van der Waals surface area contributed by atoms with E-state index < -0.39 is 105 Å². The summed E-state index contributed by atoms with van der Waals surface area (Å²) in [5, 5.41) is 11.5. The Labute approximate surface area is 430 Å². The highest BCUT2D eigenvalue weighted by Gasteiger charge is 2.58. The first-order valence-corrected chi connectivity index (χ1v) is 23.0. The maximum absolute atomic E-state index is 13.4. The van der Waals surface area contributed by atoms with E-state index in [0.29, 0.717) is 17.1 Å². The molecule has 1 unspecified atom stereocenters. The van der Waals surface area contributed by atoms with Gasteiger partial charge in [-0.25, -0.2) is 41.3 Å². The van der Waals surface area contributed by atoms with Crippen molar-refractivity contribution in [3.05, 3.63) is 121 Å². The summed E-state index contributed by atoms with van der Waals surface area (Å²) in [6.07, 6.45) is -4.79. The fourth-order valence-corrected chi connectivity index (χ4v) is 8.69. The first-order chi connectivity index (χ1) is 36.2. The zero-order valence-corrected chi connectivity index (χ0v) is 39.9. The molecule has 3 saturated carbocycles. The number of hydrogen-bond acceptors (Lipinski definition) is 9. The molecule has 12 rings (SSSR count). The van der Waals surface area contributed by atoms with Gasteiger partial charge in [-0.15, -0.1) is 0 Å². The van der Waals surface area contributed by atoms with Gasteiger partial charge in [0.15, 0.2) is 17.1 Å². The number of hydrogen-bond donors (Lipinski definition) is 3. The molecule has 0 radical (unpaired) electrons. The van der Waals surface area contributed by atoms with Crippen molar-refractivity contribution in [2.24, 2.45) is 17.8 Å². The monoisotopic (exact) mass is 1140 g/mol. The normalized spacial score (nSPS) is 19.0. The zero-order valence-electron chi connectivity index (χ0n) is 39.9. The summed E-state index contributed by atoms with van der Waals surface area (Å²) < 4.78 is 205. The van der Waals surface area contributed by atoms with Crippen LogP contribution < -0.4 is 16.7 Å². The lowest BCUT2D eigenvalue weighted by Crippen LogP contribution is -2.23. The lowest BCUT2D eigenvalue weighted by molar-refractivity contribution is -0.141. The molecule has 0 bridgehead atoms. The van der Waals surface area contributed by atoms with Crippen LogP contribution in [0.2, 0.25) is 0 Å². The summed E-state index contributed by atoms with van der Waals surface area (Å²) in [6, 6.07) is 0. The zero-order chi connectivity index (χ0) is 56.6. The first-order valence-electron chi connectivity index (χ1n) is 23.0. The number of aromatic nitrogens is 15. The number of halogens is 15. The molecule has 0 saturated heterocycles. The van der Waals surface area contributed by atoms with Gasteiger partial charge < -0.3 is 15.0 Å². The number of nitrogens with zero attached hydrogens (tertiary/aromatic N) is 12. The Morgan fingerprint density at radius 2 is 0.684 bits per heavy atom. The number of rotatable bonds is 9. The van der Waals surface area contributed by atoms with Crippen LogP contribution in [-0.2, 0) is 38.2 Å². The van der Waals surface area contributed by atoms with E-state index >= 15 is 0 Å². The van der Waals surface area contributed by atoms with E-state index in [9.17, 15) is 80.2 Å². The van der Waals surface area contributed by atoms with Crippen molar-refractivity contribution in [1.29, 1.82) is 0 Å². The molecule has 0 aromatic carbocycles. The number of aromatic amines is 3. The predicted octanol–water partition coefficient (Wildman–Crippen LogP) is 9.24. The maximum Gasteiger partial charge on any atom is 0.434 e. The third kappa shape index (κ3) is 10.9. The van der Waals surface area contributed by atoms with Gasteiger partial charge in [0, 0.05) is 128 Å². The molecule has 422 valence electrons. The second-order valence-electron chi connectivity index (χ2n) is 19.1. The minimum absolute atomic E-state index is 0. The standard InChI is InChI=1S/3C15H12F5N5O.CH4/c3*1-7-4-25-12(26)10(11(15(18,19)20)23-13(25)22-7)8-3-21-24(5-8)6-9-2-14(9,16)17;/h3*3-5,9H,2,6H2,1H3,(H,22,23);1H4/t2*9-;;/m10../s1. The van der Waals surface area contributed by atoms with Gasteiger partial charge in [-0.05, 0) is 20.8 Å².